The van der Waals surface area contributed by atoms with Crippen LogP contribution in [-0.4, -0.2) is 59.7 Å². The van der Waals surface area contributed by atoms with Crippen LogP contribution in [0.5, 0.6) is 0 Å². The molecule has 1 fully saturated rings. The van der Waals surface area contributed by atoms with Gasteiger partial charge in [-0.1, -0.05) is 26.2 Å². The van der Waals surface area contributed by atoms with Gasteiger partial charge in [0.1, 0.15) is 9.84 Å². The van der Waals surface area contributed by atoms with Gasteiger partial charge in [-0.25, -0.2) is 8.42 Å². The largest absolute Gasteiger partial charge is 0.379 e. The van der Waals surface area contributed by atoms with Gasteiger partial charge in [0.2, 0.25) is 0 Å². The summed E-state index contributed by atoms with van der Waals surface area (Å²) in [5.41, 5.74) is 0. The first-order valence-electron chi connectivity index (χ1n) is 8.60. The molecule has 8 heteroatoms. The van der Waals surface area contributed by atoms with E-state index in [-0.39, 0.29) is 36.3 Å². The van der Waals surface area contributed by atoms with Gasteiger partial charge in [-0.15, -0.1) is 24.0 Å². The van der Waals surface area contributed by atoms with Crippen molar-refractivity contribution in [2.24, 2.45) is 16.8 Å². The average molecular weight is 475 g/mol. The van der Waals surface area contributed by atoms with E-state index in [9.17, 15) is 8.42 Å². The minimum atomic E-state index is -2.94. The molecule has 2 atom stereocenters. The second-order valence-corrected chi connectivity index (χ2v) is 8.85. The van der Waals surface area contributed by atoms with Crippen LogP contribution >= 0.6 is 24.0 Å². The van der Waals surface area contributed by atoms with Crippen molar-refractivity contribution in [1.29, 1.82) is 0 Å². The molecule has 2 N–H and O–H groups in total. The fourth-order valence-electron chi connectivity index (χ4n) is 2.99. The first kappa shape index (κ1) is 23.9. The van der Waals surface area contributed by atoms with Crippen molar-refractivity contribution in [1.82, 2.24) is 10.6 Å². The highest BCUT2D eigenvalue weighted by Gasteiger charge is 2.18. The Kier molecular flexibility index (Phi) is 13.1. The third-order valence-corrected chi connectivity index (χ3v) is 5.16. The molecule has 0 bridgehead atoms. The van der Waals surface area contributed by atoms with Gasteiger partial charge in [-0.05, 0) is 24.7 Å². The van der Waals surface area contributed by atoms with Gasteiger partial charge in [0.05, 0.1) is 19.0 Å². The number of nitrogens with zero attached hydrogens (tertiary/aromatic N) is 1. The van der Waals surface area contributed by atoms with Gasteiger partial charge < -0.3 is 15.4 Å². The second kappa shape index (κ2) is 13.2. The lowest BCUT2D eigenvalue weighted by Gasteiger charge is -2.26. The number of aliphatic imine (C=N–C) groups is 1. The zero-order chi connectivity index (χ0) is 17.1. The Labute approximate surface area is 164 Å². The highest BCUT2D eigenvalue weighted by molar-refractivity contribution is 14.0. The van der Waals surface area contributed by atoms with Crippen molar-refractivity contribution in [3.8, 4) is 0 Å². The number of hydrogen-bond donors (Lipinski definition) is 2. The third kappa shape index (κ3) is 12.3. The first-order chi connectivity index (χ1) is 10.9. The lowest BCUT2D eigenvalue weighted by Crippen LogP contribution is -2.40. The van der Waals surface area contributed by atoms with E-state index < -0.39 is 9.84 Å². The Bertz CT molecular complexity index is 457. The van der Waals surface area contributed by atoms with Crippen molar-refractivity contribution >= 4 is 39.8 Å². The molecule has 1 rings (SSSR count). The van der Waals surface area contributed by atoms with E-state index in [1.807, 2.05) is 0 Å². The van der Waals surface area contributed by atoms with Gasteiger partial charge in [0.15, 0.2) is 5.96 Å². The molecule has 1 aliphatic rings. The molecular formula is C16H34IN3O3S. The molecule has 0 aromatic rings. The summed E-state index contributed by atoms with van der Waals surface area (Å²) in [4.78, 5) is 4.19. The van der Waals surface area contributed by atoms with Crippen LogP contribution in [0.3, 0.4) is 0 Å². The summed E-state index contributed by atoms with van der Waals surface area (Å²) in [7, 11) is -1.19. The minimum absolute atomic E-state index is 0. The zero-order valence-corrected chi connectivity index (χ0v) is 18.4. The lowest BCUT2D eigenvalue weighted by atomic mass is 9.81. The molecule has 0 saturated heterocycles. The van der Waals surface area contributed by atoms with Crippen LogP contribution in [0.2, 0.25) is 0 Å². The number of nitrogens with one attached hydrogen (secondary N) is 2. The van der Waals surface area contributed by atoms with Crippen LogP contribution in [0, 0.1) is 11.8 Å². The molecule has 0 radical (unpaired) electrons. The molecule has 144 valence electrons. The van der Waals surface area contributed by atoms with Crippen LogP contribution < -0.4 is 10.6 Å². The topological polar surface area (TPSA) is 79.8 Å². The molecule has 0 aliphatic heterocycles. The number of guanidine groups is 1. The summed E-state index contributed by atoms with van der Waals surface area (Å²) < 4.78 is 27.2. The number of halogens is 1. The molecule has 6 nitrogen and oxygen atoms in total. The number of rotatable bonds is 9. The van der Waals surface area contributed by atoms with Crippen molar-refractivity contribution in [2.75, 3.05) is 45.4 Å². The molecule has 2 unspecified atom stereocenters. The number of hydrogen-bond acceptors (Lipinski definition) is 4. The van der Waals surface area contributed by atoms with E-state index >= 15 is 0 Å². The van der Waals surface area contributed by atoms with Crippen LogP contribution in [0.1, 0.15) is 39.0 Å². The Hall–Kier alpha value is -0.0900. The maximum absolute atomic E-state index is 11.0. The van der Waals surface area contributed by atoms with Crippen LogP contribution in [0.4, 0.5) is 0 Å². The molecule has 24 heavy (non-hydrogen) atoms. The summed E-state index contributed by atoms with van der Waals surface area (Å²) in [6.07, 6.45) is 7.85. The molecule has 0 aromatic heterocycles. The molecular weight excluding hydrogens is 441 g/mol. The van der Waals surface area contributed by atoms with E-state index in [1.54, 1.807) is 7.05 Å². The molecule has 1 saturated carbocycles. The van der Waals surface area contributed by atoms with Crippen molar-refractivity contribution in [3.63, 3.8) is 0 Å². The van der Waals surface area contributed by atoms with Gasteiger partial charge in [0.25, 0.3) is 0 Å². The van der Waals surface area contributed by atoms with Crippen molar-refractivity contribution in [2.45, 2.75) is 39.0 Å². The monoisotopic (exact) mass is 475 g/mol. The fourth-order valence-corrected chi connectivity index (χ4v) is 3.41. The highest BCUT2D eigenvalue weighted by Crippen LogP contribution is 2.30. The Balaban J connectivity index is 0.00000529. The predicted molar refractivity (Wildman–Crippen MR) is 111 cm³/mol. The van der Waals surface area contributed by atoms with Crippen molar-refractivity contribution in [3.05, 3.63) is 0 Å². The van der Waals surface area contributed by atoms with E-state index in [2.05, 4.69) is 22.5 Å². The van der Waals surface area contributed by atoms with E-state index in [0.29, 0.717) is 13.2 Å². The van der Waals surface area contributed by atoms with Crippen LogP contribution in [0.15, 0.2) is 4.99 Å². The normalized spacial score (nSPS) is 21.9. The third-order valence-electron chi connectivity index (χ3n) is 4.25. The molecule has 0 spiro atoms. The van der Waals surface area contributed by atoms with Gasteiger partial charge in [-0.2, -0.15) is 0 Å². The second-order valence-electron chi connectivity index (χ2n) is 6.59. The SMILES string of the molecule is CN=C(NCCOCCS(C)(=O)=O)NCCC1CCCC(C)C1.I. The maximum Gasteiger partial charge on any atom is 0.191 e. The molecule has 0 aromatic carbocycles. The zero-order valence-electron chi connectivity index (χ0n) is 15.2. The van der Waals surface area contributed by atoms with Gasteiger partial charge in [0, 0.05) is 26.4 Å². The van der Waals surface area contributed by atoms with Crippen molar-refractivity contribution < 1.29 is 13.2 Å². The number of sulfone groups is 1. The maximum atomic E-state index is 11.0. The molecule has 0 amide bonds. The van der Waals surface area contributed by atoms with E-state index in [0.717, 1.165) is 24.3 Å². The summed E-state index contributed by atoms with van der Waals surface area (Å²) in [6.45, 7) is 4.61. The quantitative estimate of drug-likeness (QED) is 0.231. The molecule has 0 heterocycles. The Morgan fingerprint density at radius 1 is 1.21 bits per heavy atom. The fraction of sp³-hybridized carbons (Fsp3) is 0.938. The van der Waals surface area contributed by atoms with Gasteiger partial charge in [-0.3, -0.25) is 4.99 Å². The molecule has 1 aliphatic carbocycles. The number of ether oxygens (including phenoxy) is 1. The standard InChI is InChI=1S/C16H33N3O3S.HI/c1-14-5-4-6-15(13-14)7-8-18-16(17-2)19-9-10-22-11-12-23(3,20)21;/h14-15H,4-13H2,1-3H3,(H2,17,18,19);1H. The predicted octanol–water partition coefficient (Wildman–Crippen LogP) is 2.05. The Morgan fingerprint density at radius 3 is 2.54 bits per heavy atom. The van der Waals surface area contributed by atoms with Gasteiger partial charge >= 0.3 is 0 Å². The summed E-state index contributed by atoms with van der Waals surface area (Å²) in [5.74, 6) is 2.55. The Morgan fingerprint density at radius 2 is 1.92 bits per heavy atom. The first-order valence-corrected chi connectivity index (χ1v) is 10.7. The summed E-state index contributed by atoms with van der Waals surface area (Å²) >= 11 is 0. The lowest BCUT2D eigenvalue weighted by molar-refractivity contribution is 0.154. The van der Waals surface area contributed by atoms with Crippen LogP contribution in [0.25, 0.3) is 0 Å². The average Bonchev–Trinajstić information content (AvgIpc) is 2.48. The van der Waals surface area contributed by atoms with E-state index in [4.69, 9.17) is 4.74 Å². The van der Waals surface area contributed by atoms with Crippen LogP contribution in [-0.2, 0) is 14.6 Å². The minimum Gasteiger partial charge on any atom is -0.379 e. The van der Waals surface area contributed by atoms with E-state index in [1.165, 1.54) is 38.4 Å². The summed E-state index contributed by atoms with van der Waals surface area (Å²) in [5, 5.41) is 6.51. The summed E-state index contributed by atoms with van der Waals surface area (Å²) in [6, 6.07) is 0. The highest BCUT2D eigenvalue weighted by atomic mass is 127. The smallest absolute Gasteiger partial charge is 0.191 e.